The van der Waals surface area contributed by atoms with Gasteiger partial charge in [-0.2, -0.15) is 0 Å². The summed E-state index contributed by atoms with van der Waals surface area (Å²) in [5.41, 5.74) is -1.04. The Bertz CT molecular complexity index is 413. The normalized spacial score (nSPS) is 15.9. The molecule has 3 atom stereocenters. The summed E-state index contributed by atoms with van der Waals surface area (Å²) < 4.78 is 10.4. The number of hydrogen-bond acceptors (Lipinski definition) is 5. The zero-order valence-electron chi connectivity index (χ0n) is 16.6. The molecule has 0 fully saturated rings. The highest BCUT2D eigenvalue weighted by atomic mass is 16.6. The first kappa shape index (κ1) is 22.5. The van der Waals surface area contributed by atoms with Crippen LogP contribution in [0.5, 0.6) is 0 Å². The van der Waals surface area contributed by atoms with Gasteiger partial charge < -0.3 is 25.4 Å². The van der Waals surface area contributed by atoms with Crippen LogP contribution in [0.15, 0.2) is 0 Å². The number of hydrogen-bond donors (Lipinski definition) is 3. The van der Waals surface area contributed by atoms with Crippen molar-refractivity contribution >= 4 is 12.2 Å². The highest BCUT2D eigenvalue weighted by Crippen LogP contribution is 2.08. The Labute approximate surface area is 146 Å². The third-order valence-electron chi connectivity index (χ3n) is 3.00. The van der Waals surface area contributed by atoms with Crippen molar-refractivity contribution in [3.05, 3.63) is 0 Å². The van der Waals surface area contributed by atoms with Crippen LogP contribution in [0, 0.1) is 0 Å². The predicted octanol–water partition coefficient (Wildman–Crippen LogP) is 2.79. The molecule has 0 aliphatic heterocycles. The molecule has 0 aliphatic rings. The van der Waals surface area contributed by atoms with E-state index in [9.17, 15) is 9.59 Å². The molecule has 0 bridgehead atoms. The topological polar surface area (TPSA) is 88.7 Å². The zero-order chi connectivity index (χ0) is 19.1. The van der Waals surface area contributed by atoms with E-state index in [-0.39, 0.29) is 18.1 Å². The van der Waals surface area contributed by atoms with Gasteiger partial charge in [0.25, 0.3) is 0 Å². The Kier molecular flexibility index (Phi) is 8.54. The van der Waals surface area contributed by atoms with Gasteiger partial charge in [0.1, 0.15) is 11.2 Å². The van der Waals surface area contributed by atoms with E-state index in [1.807, 2.05) is 62.3 Å². The minimum atomic E-state index is -0.522. The van der Waals surface area contributed by atoms with Crippen molar-refractivity contribution in [2.75, 3.05) is 6.54 Å². The molecule has 24 heavy (non-hydrogen) atoms. The summed E-state index contributed by atoms with van der Waals surface area (Å²) in [7, 11) is 0. The first-order chi connectivity index (χ1) is 10.7. The van der Waals surface area contributed by atoms with Crippen molar-refractivity contribution in [2.45, 2.75) is 91.6 Å². The molecule has 0 aromatic heterocycles. The first-order valence-corrected chi connectivity index (χ1v) is 8.42. The SMILES string of the molecule is CC(CNC(C)C(C)NC(=O)OC(C)(C)C)NC(=O)OC(C)(C)C. The van der Waals surface area contributed by atoms with Gasteiger partial charge in [0.2, 0.25) is 0 Å². The minimum Gasteiger partial charge on any atom is -0.444 e. The zero-order valence-corrected chi connectivity index (χ0v) is 16.6. The molecule has 0 heterocycles. The van der Waals surface area contributed by atoms with Crippen LogP contribution < -0.4 is 16.0 Å². The van der Waals surface area contributed by atoms with E-state index in [1.165, 1.54) is 0 Å². The molecule has 2 amide bonds. The Balaban J connectivity index is 4.16. The van der Waals surface area contributed by atoms with Gasteiger partial charge >= 0.3 is 12.2 Å². The quantitative estimate of drug-likeness (QED) is 0.689. The van der Waals surface area contributed by atoms with Gasteiger partial charge in [-0.3, -0.25) is 0 Å². The number of carbonyl (C=O) groups is 2. The van der Waals surface area contributed by atoms with Gasteiger partial charge in [0.15, 0.2) is 0 Å². The van der Waals surface area contributed by atoms with Crippen LogP contribution in [-0.2, 0) is 9.47 Å². The number of nitrogens with one attached hydrogen (secondary N) is 3. The first-order valence-electron chi connectivity index (χ1n) is 8.42. The molecule has 7 heteroatoms. The van der Waals surface area contributed by atoms with E-state index < -0.39 is 23.4 Å². The molecule has 0 aliphatic carbocycles. The molecule has 0 rings (SSSR count). The van der Waals surface area contributed by atoms with Crippen LogP contribution in [0.25, 0.3) is 0 Å². The lowest BCUT2D eigenvalue weighted by molar-refractivity contribution is 0.0498. The number of alkyl carbamates (subject to hydrolysis) is 2. The van der Waals surface area contributed by atoms with Gasteiger partial charge in [0, 0.05) is 24.7 Å². The molecule has 0 saturated carbocycles. The second-order valence-electron chi connectivity index (χ2n) is 8.18. The van der Waals surface area contributed by atoms with Gasteiger partial charge in [-0.15, -0.1) is 0 Å². The Hall–Kier alpha value is -1.50. The number of carbonyl (C=O) groups excluding carboxylic acids is 2. The lowest BCUT2D eigenvalue weighted by atomic mass is 10.1. The maximum atomic E-state index is 11.8. The summed E-state index contributed by atoms with van der Waals surface area (Å²) in [4.78, 5) is 23.4. The van der Waals surface area contributed by atoms with Gasteiger partial charge in [-0.05, 0) is 62.3 Å². The minimum absolute atomic E-state index is 0.0143. The molecule has 0 aromatic rings. The molecule has 142 valence electrons. The monoisotopic (exact) mass is 345 g/mol. The van der Waals surface area contributed by atoms with Crippen molar-refractivity contribution in [3.8, 4) is 0 Å². The fourth-order valence-corrected chi connectivity index (χ4v) is 1.72. The largest absolute Gasteiger partial charge is 0.444 e. The smallest absolute Gasteiger partial charge is 0.407 e. The Morgan fingerprint density at radius 3 is 1.62 bits per heavy atom. The van der Waals surface area contributed by atoms with Crippen LogP contribution in [0.2, 0.25) is 0 Å². The summed E-state index contributed by atoms with van der Waals surface area (Å²) in [6.45, 7) is 17.2. The lowest BCUT2D eigenvalue weighted by Crippen LogP contribution is -2.51. The Morgan fingerprint density at radius 2 is 1.21 bits per heavy atom. The summed E-state index contributed by atoms with van der Waals surface area (Å²) in [5, 5.41) is 8.84. The van der Waals surface area contributed by atoms with E-state index in [0.717, 1.165) is 0 Å². The molecule has 3 unspecified atom stereocenters. The Morgan fingerprint density at radius 1 is 0.792 bits per heavy atom. The van der Waals surface area contributed by atoms with Crippen molar-refractivity contribution in [3.63, 3.8) is 0 Å². The van der Waals surface area contributed by atoms with Crippen LogP contribution in [-0.4, -0.2) is 48.1 Å². The molecule has 0 spiro atoms. The second-order valence-corrected chi connectivity index (χ2v) is 8.18. The third-order valence-corrected chi connectivity index (χ3v) is 3.00. The maximum absolute atomic E-state index is 11.8. The van der Waals surface area contributed by atoms with Crippen LogP contribution in [0.4, 0.5) is 9.59 Å². The molecule has 0 aromatic carbocycles. The third kappa shape index (κ3) is 12.0. The van der Waals surface area contributed by atoms with Gasteiger partial charge in [-0.25, -0.2) is 9.59 Å². The average Bonchev–Trinajstić information content (AvgIpc) is 2.30. The van der Waals surface area contributed by atoms with Crippen molar-refractivity contribution in [1.82, 2.24) is 16.0 Å². The lowest BCUT2D eigenvalue weighted by Gasteiger charge is -2.27. The van der Waals surface area contributed by atoms with E-state index in [2.05, 4.69) is 16.0 Å². The summed E-state index contributed by atoms with van der Waals surface area (Å²) in [6, 6.07) is -0.204. The summed E-state index contributed by atoms with van der Waals surface area (Å²) in [6.07, 6.45) is -0.882. The highest BCUT2D eigenvalue weighted by Gasteiger charge is 2.21. The molecule has 3 N–H and O–H groups in total. The fourth-order valence-electron chi connectivity index (χ4n) is 1.72. The molecule has 7 nitrogen and oxygen atoms in total. The molecule has 0 saturated heterocycles. The van der Waals surface area contributed by atoms with Crippen LogP contribution in [0.1, 0.15) is 62.3 Å². The molecular weight excluding hydrogens is 310 g/mol. The number of amides is 2. The predicted molar refractivity (Wildman–Crippen MR) is 95.1 cm³/mol. The van der Waals surface area contributed by atoms with Crippen LogP contribution in [0.3, 0.4) is 0 Å². The summed E-state index contributed by atoms with van der Waals surface area (Å²) in [5.74, 6) is 0. The van der Waals surface area contributed by atoms with E-state index in [1.54, 1.807) is 0 Å². The van der Waals surface area contributed by atoms with E-state index in [4.69, 9.17) is 9.47 Å². The van der Waals surface area contributed by atoms with Crippen molar-refractivity contribution in [2.24, 2.45) is 0 Å². The fraction of sp³-hybridized carbons (Fsp3) is 0.882. The van der Waals surface area contributed by atoms with Gasteiger partial charge in [-0.1, -0.05) is 0 Å². The standard InChI is InChI=1S/C17H35N3O4/c1-11(19-14(21)23-16(4,5)6)10-18-12(2)13(3)20-15(22)24-17(7,8)9/h11-13,18H,10H2,1-9H3,(H,19,21)(H,20,22). The van der Waals surface area contributed by atoms with Crippen LogP contribution >= 0.6 is 0 Å². The molecular formula is C17H35N3O4. The highest BCUT2D eigenvalue weighted by molar-refractivity contribution is 5.68. The molecule has 0 radical (unpaired) electrons. The number of ether oxygens (including phenoxy) is 2. The van der Waals surface area contributed by atoms with Gasteiger partial charge in [0.05, 0.1) is 0 Å². The van der Waals surface area contributed by atoms with E-state index in [0.29, 0.717) is 6.54 Å². The number of rotatable bonds is 6. The average molecular weight is 345 g/mol. The van der Waals surface area contributed by atoms with Crippen molar-refractivity contribution < 1.29 is 19.1 Å². The second kappa shape index (κ2) is 9.11. The van der Waals surface area contributed by atoms with Crippen molar-refractivity contribution in [1.29, 1.82) is 0 Å². The van der Waals surface area contributed by atoms with E-state index >= 15 is 0 Å². The summed E-state index contributed by atoms with van der Waals surface area (Å²) >= 11 is 0. The maximum Gasteiger partial charge on any atom is 0.407 e.